The first kappa shape index (κ1) is 25.2. The van der Waals surface area contributed by atoms with Crippen LogP contribution in [0.3, 0.4) is 0 Å². The van der Waals surface area contributed by atoms with Crippen LogP contribution in [-0.2, 0) is 6.54 Å². The van der Waals surface area contributed by atoms with Crippen LogP contribution in [0.15, 0.2) is 21.8 Å². The van der Waals surface area contributed by atoms with Crippen LogP contribution in [-0.4, -0.2) is 41.6 Å². The summed E-state index contributed by atoms with van der Waals surface area (Å²) in [6.45, 7) is 7.65. The molecule has 3 heterocycles. The molecule has 5 nitrogen and oxygen atoms in total. The maximum absolute atomic E-state index is 12.9. The van der Waals surface area contributed by atoms with Crippen LogP contribution in [0.5, 0.6) is 0 Å². The van der Waals surface area contributed by atoms with E-state index in [1.807, 2.05) is 39.1 Å². The number of H-pyrrole nitrogens is 1. The predicted molar refractivity (Wildman–Crippen MR) is 126 cm³/mol. The molecule has 1 aliphatic heterocycles. The number of hydrogen-bond donors (Lipinski definition) is 2. The van der Waals surface area contributed by atoms with Gasteiger partial charge in [-0.2, -0.15) is 13.2 Å². The van der Waals surface area contributed by atoms with Gasteiger partial charge in [-0.05, 0) is 62.8 Å². The Labute approximate surface area is 195 Å². The predicted octanol–water partition coefficient (Wildman–Crippen LogP) is 5.11. The molecule has 0 aromatic carbocycles. The molecule has 2 aromatic rings. The van der Waals surface area contributed by atoms with E-state index in [0.717, 1.165) is 33.7 Å². The minimum absolute atomic E-state index is 0.141. The number of rotatable bonds is 6. The van der Waals surface area contributed by atoms with Gasteiger partial charge in [0.25, 0.3) is 11.5 Å². The van der Waals surface area contributed by atoms with Crippen molar-refractivity contribution in [1.29, 1.82) is 0 Å². The molecule has 1 amide bonds. The smallest absolute Gasteiger partial charge is 0.348 e. The lowest BCUT2D eigenvalue weighted by atomic mass is 9.93. The van der Waals surface area contributed by atoms with E-state index in [2.05, 4.69) is 10.3 Å². The van der Waals surface area contributed by atoms with Crippen LogP contribution >= 0.6 is 11.3 Å². The molecule has 2 N–H and O–H groups in total. The van der Waals surface area contributed by atoms with Gasteiger partial charge in [-0.1, -0.05) is 12.5 Å². The Balaban J connectivity index is 1.73. The Morgan fingerprint density at radius 2 is 1.88 bits per heavy atom. The van der Waals surface area contributed by atoms with E-state index in [1.54, 1.807) is 0 Å². The SMILES string of the molecule is CCC(=C1CCN(CC(F)(F)F)CC1)c1scc(C(=O)NCc2c(C)cc(C)[nH]c2=O)c1C. The number of alkyl halides is 3. The van der Waals surface area contributed by atoms with Gasteiger partial charge in [0, 0.05) is 41.1 Å². The first-order chi connectivity index (χ1) is 15.5. The summed E-state index contributed by atoms with van der Waals surface area (Å²) >= 11 is 1.49. The zero-order chi connectivity index (χ0) is 24.3. The highest BCUT2D eigenvalue weighted by Crippen LogP contribution is 2.36. The quantitative estimate of drug-likeness (QED) is 0.602. The topological polar surface area (TPSA) is 65.2 Å². The number of thiophene rings is 1. The zero-order valence-electron chi connectivity index (χ0n) is 19.4. The van der Waals surface area contributed by atoms with Crippen molar-refractivity contribution in [2.24, 2.45) is 0 Å². The highest BCUT2D eigenvalue weighted by atomic mass is 32.1. The third-order valence-corrected chi connectivity index (χ3v) is 7.26. The number of allylic oxidation sites excluding steroid dienone is 1. The first-order valence-electron chi connectivity index (χ1n) is 11.1. The summed E-state index contributed by atoms with van der Waals surface area (Å²) < 4.78 is 38.0. The number of hydrogen-bond acceptors (Lipinski definition) is 4. The van der Waals surface area contributed by atoms with E-state index in [-0.39, 0.29) is 18.0 Å². The van der Waals surface area contributed by atoms with Crippen molar-refractivity contribution < 1.29 is 18.0 Å². The molecule has 1 aliphatic rings. The molecule has 0 saturated carbocycles. The molecule has 2 aromatic heterocycles. The van der Waals surface area contributed by atoms with Gasteiger partial charge in [0.05, 0.1) is 12.1 Å². The summed E-state index contributed by atoms with van der Waals surface area (Å²) in [5.41, 5.74) is 5.67. The van der Waals surface area contributed by atoms with Crippen molar-refractivity contribution in [2.75, 3.05) is 19.6 Å². The Morgan fingerprint density at radius 1 is 1.21 bits per heavy atom. The third-order valence-electron chi connectivity index (χ3n) is 6.12. The zero-order valence-corrected chi connectivity index (χ0v) is 20.2. The number of carbonyl (C=O) groups is 1. The Bertz CT molecular complexity index is 1110. The number of aromatic amines is 1. The van der Waals surface area contributed by atoms with Crippen molar-refractivity contribution in [2.45, 2.75) is 59.7 Å². The molecule has 3 rings (SSSR count). The summed E-state index contributed by atoms with van der Waals surface area (Å²) in [5, 5.41) is 4.67. The number of pyridine rings is 1. The molecule has 1 fully saturated rings. The second-order valence-corrected chi connectivity index (χ2v) is 9.44. The molecule has 180 valence electrons. The summed E-state index contributed by atoms with van der Waals surface area (Å²) in [6, 6.07) is 1.87. The normalized spacial score (nSPS) is 15.1. The molecule has 0 bridgehead atoms. The number of likely N-dealkylation sites (tertiary alicyclic amines) is 1. The standard InChI is InChI=1S/C24H30F3N3O2S/c1-5-18(17-6-8-30(9-7-17)13-24(25,26)27)21-16(4)20(12-33-21)22(31)28-11-19-14(2)10-15(3)29-23(19)32/h10,12H,5-9,11,13H2,1-4H3,(H,28,31)(H,29,32). The monoisotopic (exact) mass is 481 g/mol. The fraction of sp³-hybridized carbons (Fsp3) is 0.500. The number of aromatic nitrogens is 1. The molecule has 1 saturated heterocycles. The number of amides is 1. The third kappa shape index (κ3) is 6.14. The molecule has 9 heteroatoms. The van der Waals surface area contributed by atoms with E-state index >= 15 is 0 Å². The van der Waals surface area contributed by atoms with Crippen LogP contribution in [0.1, 0.15) is 63.8 Å². The fourth-order valence-electron chi connectivity index (χ4n) is 4.41. The Hall–Kier alpha value is -2.39. The second kappa shape index (κ2) is 10.3. The Kier molecular flexibility index (Phi) is 7.84. The average Bonchev–Trinajstić information content (AvgIpc) is 3.09. The van der Waals surface area contributed by atoms with Crippen molar-refractivity contribution in [3.63, 3.8) is 0 Å². The summed E-state index contributed by atoms with van der Waals surface area (Å²) in [6.07, 6.45) is -2.21. The van der Waals surface area contributed by atoms with E-state index in [1.165, 1.54) is 21.8 Å². The average molecular weight is 482 g/mol. The van der Waals surface area contributed by atoms with Gasteiger partial charge in [0.1, 0.15) is 0 Å². The highest BCUT2D eigenvalue weighted by Gasteiger charge is 2.32. The molecule has 0 spiro atoms. The van der Waals surface area contributed by atoms with Crippen molar-refractivity contribution in [1.82, 2.24) is 15.2 Å². The van der Waals surface area contributed by atoms with Crippen LogP contribution in [0.25, 0.3) is 5.57 Å². The molecule has 33 heavy (non-hydrogen) atoms. The Morgan fingerprint density at radius 3 is 2.45 bits per heavy atom. The summed E-state index contributed by atoms with van der Waals surface area (Å²) in [7, 11) is 0. The maximum atomic E-state index is 12.9. The van der Waals surface area contributed by atoms with Gasteiger partial charge in [0.2, 0.25) is 0 Å². The van der Waals surface area contributed by atoms with Gasteiger partial charge in [-0.15, -0.1) is 11.3 Å². The van der Waals surface area contributed by atoms with E-state index < -0.39 is 12.7 Å². The second-order valence-electron chi connectivity index (χ2n) is 8.56. The van der Waals surface area contributed by atoms with Crippen LogP contribution in [0.2, 0.25) is 0 Å². The first-order valence-corrected chi connectivity index (χ1v) is 11.9. The van der Waals surface area contributed by atoms with E-state index in [0.29, 0.717) is 37.1 Å². The van der Waals surface area contributed by atoms with Crippen molar-refractivity contribution in [3.05, 3.63) is 60.2 Å². The van der Waals surface area contributed by atoms with Crippen molar-refractivity contribution >= 4 is 22.8 Å². The van der Waals surface area contributed by atoms with Gasteiger partial charge in [-0.3, -0.25) is 14.5 Å². The van der Waals surface area contributed by atoms with Crippen LogP contribution < -0.4 is 10.9 Å². The molecule has 0 aliphatic carbocycles. The van der Waals surface area contributed by atoms with Crippen molar-refractivity contribution in [3.8, 4) is 0 Å². The molecular formula is C24H30F3N3O2S. The largest absolute Gasteiger partial charge is 0.401 e. The fourth-order valence-corrected chi connectivity index (χ4v) is 5.65. The van der Waals surface area contributed by atoms with Crippen LogP contribution in [0, 0.1) is 20.8 Å². The molecule has 0 radical (unpaired) electrons. The number of halogens is 3. The minimum Gasteiger partial charge on any atom is -0.348 e. The number of nitrogens with zero attached hydrogens (tertiary/aromatic N) is 1. The minimum atomic E-state index is -4.18. The summed E-state index contributed by atoms with van der Waals surface area (Å²) in [5.74, 6) is -0.241. The molecular weight excluding hydrogens is 451 g/mol. The number of carbonyl (C=O) groups excluding carboxylic acids is 1. The lowest BCUT2D eigenvalue weighted by Crippen LogP contribution is -2.38. The number of aryl methyl sites for hydroxylation is 2. The van der Waals surface area contributed by atoms with Gasteiger partial charge in [-0.25, -0.2) is 0 Å². The molecule has 0 unspecified atom stereocenters. The molecule has 0 atom stereocenters. The number of piperidine rings is 1. The van der Waals surface area contributed by atoms with Gasteiger partial charge < -0.3 is 10.3 Å². The van der Waals surface area contributed by atoms with Crippen LogP contribution in [0.4, 0.5) is 13.2 Å². The lowest BCUT2D eigenvalue weighted by Gasteiger charge is -2.30. The van der Waals surface area contributed by atoms with Gasteiger partial charge in [0.15, 0.2) is 0 Å². The highest BCUT2D eigenvalue weighted by molar-refractivity contribution is 7.11. The maximum Gasteiger partial charge on any atom is 0.401 e. The van der Waals surface area contributed by atoms with Gasteiger partial charge >= 0.3 is 6.18 Å². The lowest BCUT2D eigenvalue weighted by molar-refractivity contribution is -0.146. The van der Waals surface area contributed by atoms with E-state index in [4.69, 9.17) is 0 Å². The van der Waals surface area contributed by atoms with E-state index in [9.17, 15) is 22.8 Å². The number of nitrogens with one attached hydrogen (secondary N) is 2. The summed E-state index contributed by atoms with van der Waals surface area (Å²) in [4.78, 5) is 30.3.